The SMILES string of the molecule is CC(C)c1ccc(NC(=O)Cn2cnc3c(nnn3Cc3cccc(Cl)c3)c2=O)cc1. The van der Waals surface area contributed by atoms with Gasteiger partial charge in [-0.15, -0.1) is 5.10 Å². The molecule has 9 heteroatoms. The van der Waals surface area contributed by atoms with Crippen LogP contribution in [0.15, 0.2) is 59.7 Å². The number of halogens is 1. The molecule has 0 saturated heterocycles. The van der Waals surface area contributed by atoms with Crippen LogP contribution in [0.2, 0.25) is 5.02 Å². The predicted octanol–water partition coefficient (Wildman–Crippen LogP) is 3.45. The van der Waals surface area contributed by atoms with Gasteiger partial charge in [0.15, 0.2) is 11.2 Å². The molecular formula is C22H21ClN6O2. The fraction of sp³-hybridized carbons (Fsp3) is 0.227. The standard InChI is InChI=1S/C22H21ClN6O2/c1-14(2)16-6-8-18(9-7-16)25-19(30)12-28-13-24-21-20(22(28)31)26-27-29(21)11-15-4-3-5-17(23)10-15/h3-10,13-14H,11-12H2,1-2H3,(H,25,30). The average Bonchev–Trinajstić information content (AvgIpc) is 3.14. The van der Waals surface area contributed by atoms with Gasteiger partial charge >= 0.3 is 0 Å². The van der Waals surface area contributed by atoms with Crippen LogP contribution in [0.1, 0.15) is 30.9 Å². The van der Waals surface area contributed by atoms with Gasteiger partial charge in [0.1, 0.15) is 12.9 Å². The number of carbonyl (C=O) groups excluding carboxylic acids is 1. The second-order valence-electron chi connectivity index (χ2n) is 7.55. The third-order valence-corrected chi connectivity index (χ3v) is 5.12. The van der Waals surface area contributed by atoms with Crippen molar-refractivity contribution in [2.24, 2.45) is 0 Å². The van der Waals surface area contributed by atoms with E-state index in [4.69, 9.17) is 11.6 Å². The predicted molar refractivity (Wildman–Crippen MR) is 119 cm³/mol. The van der Waals surface area contributed by atoms with Crippen molar-refractivity contribution in [3.05, 3.63) is 81.4 Å². The molecule has 2 heterocycles. The maximum atomic E-state index is 12.8. The van der Waals surface area contributed by atoms with Crippen LogP contribution in [-0.2, 0) is 17.9 Å². The fourth-order valence-corrected chi connectivity index (χ4v) is 3.43. The van der Waals surface area contributed by atoms with Crippen LogP contribution in [0.3, 0.4) is 0 Å². The average molecular weight is 437 g/mol. The molecule has 0 aliphatic carbocycles. The Bertz CT molecular complexity index is 1290. The molecule has 4 aromatic rings. The molecule has 0 atom stereocenters. The molecule has 0 aliphatic rings. The molecule has 0 unspecified atom stereocenters. The van der Waals surface area contributed by atoms with E-state index in [1.165, 1.54) is 21.1 Å². The molecular weight excluding hydrogens is 416 g/mol. The summed E-state index contributed by atoms with van der Waals surface area (Å²) in [6.45, 7) is 4.41. The molecule has 158 valence electrons. The van der Waals surface area contributed by atoms with Crippen LogP contribution >= 0.6 is 11.6 Å². The molecule has 0 fully saturated rings. The number of amides is 1. The van der Waals surface area contributed by atoms with Gasteiger partial charge in [0, 0.05) is 10.7 Å². The Hall–Kier alpha value is -3.52. The minimum atomic E-state index is -0.423. The Morgan fingerprint density at radius 2 is 1.94 bits per heavy atom. The maximum absolute atomic E-state index is 12.8. The number of anilines is 1. The Balaban J connectivity index is 1.50. The van der Waals surface area contributed by atoms with Gasteiger partial charge in [-0.3, -0.25) is 14.2 Å². The maximum Gasteiger partial charge on any atom is 0.283 e. The Kier molecular flexibility index (Phi) is 5.81. The lowest BCUT2D eigenvalue weighted by atomic mass is 10.0. The highest BCUT2D eigenvalue weighted by molar-refractivity contribution is 6.30. The molecule has 0 spiro atoms. The fourth-order valence-electron chi connectivity index (χ4n) is 3.22. The molecule has 0 radical (unpaired) electrons. The van der Waals surface area contributed by atoms with E-state index in [-0.39, 0.29) is 18.0 Å². The van der Waals surface area contributed by atoms with E-state index < -0.39 is 5.56 Å². The van der Waals surface area contributed by atoms with Crippen molar-refractivity contribution in [3.8, 4) is 0 Å². The van der Waals surface area contributed by atoms with Gasteiger partial charge < -0.3 is 5.32 Å². The van der Waals surface area contributed by atoms with Gasteiger partial charge in [-0.1, -0.05) is 54.9 Å². The van der Waals surface area contributed by atoms with Crippen LogP contribution in [0.5, 0.6) is 0 Å². The number of fused-ring (bicyclic) bond motifs is 1. The summed E-state index contributed by atoms with van der Waals surface area (Å²) >= 11 is 6.03. The number of hydrogen-bond donors (Lipinski definition) is 1. The molecule has 0 saturated carbocycles. The number of nitrogens with zero attached hydrogens (tertiary/aromatic N) is 5. The Morgan fingerprint density at radius 3 is 2.65 bits per heavy atom. The van der Waals surface area contributed by atoms with Gasteiger partial charge in [-0.25, -0.2) is 9.67 Å². The van der Waals surface area contributed by atoms with Gasteiger partial charge in [0.05, 0.1) is 6.54 Å². The van der Waals surface area contributed by atoms with E-state index in [0.717, 1.165) is 5.56 Å². The van der Waals surface area contributed by atoms with E-state index in [1.807, 2.05) is 42.5 Å². The van der Waals surface area contributed by atoms with Gasteiger partial charge in [-0.05, 0) is 41.3 Å². The highest BCUT2D eigenvalue weighted by Gasteiger charge is 2.14. The molecule has 0 aliphatic heterocycles. The van der Waals surface area contributed by atoms with Crippen molar-refractivity contribution in [3.63, 3.8) is 0 Å². The highest BCUT2D eigenvalue weighted by Crippen LogP contribution is 2.17. The first-order chi connectivity index (χ1) is 14.9. The topological polar surface area (TPSA) is 94.7 Å². The van der Waals surface area contributed by atoms with Crippen molar-refractivity contribution in [2.75, 3.05) is 5.32 Å². The lowest BCUT2D eigenvalue weighted by Crippen LogP contribution is -2.28. The molecule has 8 nitrogen and oxygen atoms in total. The number of carbonyl (C=O) groups is 1. The molecule has 2 aromatic carbocycles. The van der Waals surface area contributed by atoms with Crippen LogP contribution in [-0.4, -0.2) is 30.5 Å². The van der Waals surface area contributed by atoms with E-state index in [1.54, 1.807) is 6.07 Å². The van der Waals surface area contributed by atoms with Crippen LogP contribution in [0, 0.1) is 0 Å². The second kappa shape index (κ2) is 8.69. The summed E-state index contributed by atoms with van der Waals surface area (Å²) in [6.07, 6.45) is 1.34. The smallest absolute Gasteiger partial charge is 0.283 e. The number of rotatable bonds is 6. The summed E-state index contributed by atoms with van der Waals surface area (Å²) in [4.78, 5) is 29.5. The molecule has 1 amide bonds. The van der Waals surface area contributed by atoms with Gasteiger partial charge in [0.25, 0.3) is 5.56 Å². The quantitative estimate of drug-likeness (QED) is 0.499. The highest BCUT2D eigenvalue weighted by atomic mass is 35.5. The van der Waals surface area contributed by atoms with Crippen molar-refractivity contribution in [1.82, 2.24) is 24.5 Å². The molecule has 31 heavy (non-hydrogen) atoms. The first-order valence-electron chi connectivity index (χ1n) is 9.83. The molecule has 1 N–H and O–H groups in total. The number of hydrogen-bond acceptors (Lipinski definition) is 5. The van der Waals surface area contributed by atoms with E-state index in [9.17, 15) is 9.59 Å². The number of benzene rings is 2. The van der Waals surface area contributed by atoms with Crippen LogP contribution in [0.4, 0.5) is 5.69 Å². The lowest BCUT2D eigenvalue weighted by Gasteiger charge is -2.09. The largest absolute Gasteiger partial charge is 0.325 e. The first kappa shape index (κ1) is 20.7. The number of nitrogens with one attached hydrogen (secondary N) is 1. The summed E-state index contributed by atoms with van der Waals surface area (Å²) in [5, 5.41) is 11.4. The van der Waals surface area contributed by atoms with E-state index >= 15 is 0 Å². The minimum Gasteiger partial charge on any atom is -0.325 e. The zero-order valence-corrected chi connectivity index (χ0v) is 17.9. The van der Waals surface area contributed by atoms with Crippen LogP contribution in [0.25, 0.3) is 11.2 Å². The van der Waals surface area contributed by atoms with Gasteiger partial charge in [-0.2, -0.15) is 0 Å². The summed E-state index contributed by atoms with van der Waals surface area (Å²) < 4.78 is 2.75. The van der Waals surface area contributed by atoms with Crippen molar-refractivity contribution < 1.29 is 4.79 Å². The zero-order valence-electron chi connectivity index (χ0n) is 17.1. The number of aromatic nitrogens is 5. The lowest BCUT2D eigenvalue weighted by molar-refractivity contribution is -0.116. The van der Waals surface area contributed by atoms with Crippen LogP contribution < -0.4 is 10.9 Å². The summed E-state index contributed by atoms with van der Waals surface area (Å²) in [5.41, 5.74) is 2.80. The van der Waals surface area contributed by atoms with Gasteiger partial charge in [0.2, 0.25) is 5.91 Å². The molecule has 4 rings (SSSR count). The summed E-state index contributed by atoms with van der Waals surface area (Å²) in [6, 6.07) is 15.0. The second-order valence-corrected chi connectivity index (χ2v) is 7.99. The third-order valence-electron chi connectivity index (χ3n) is 4.89. The molecule has 2 aromatic heterocycles. The van der Waals surface area contributed by atoms with Crippen molar-refractivity contribution >= 4 is 34.4 Å². The summed E-state index contributed by atoms with van der Waals surface area (Å²) in [7, 11) is 0. The van der Waals surface area contributed by atoms with Crippen molar-refractivity contribution in [2.45, 2.75) is 32.9 Å². The monoisotopic (exact) mass is 436 g/mol. The first-order valence-corrected chi connectivity index (χ1v) is 10.2. The summed E-state index contributed by atoms with van der Waals surface area (Å²) in [5.74, 6) is 0.0836. The van der Waals surface area contributed by atoms with E-state index in [0.29, 0.717) is 28.8 Å². The van der Waals surface area contributed by atoms with Crippen molar-refractivity contribution in [1.29, 1.82) is 0 Å². The van der Waals surface area contributed by atoms with E-state index in [2.05, 4.69) is 34.5 Å². The minimum absolute atomic E-state index is 0.110. The zero-order chi connectivity index (χ0) is 22.0. The third kappa shape index (κ3) is 4.64. The Labute approximate surface area is 183 Å². The normalized spacial score (nSPS) is 11.2. The molecule has 0 bridgehead atoms. The Morgan fingerprint density at radius 1 is 1.16 bits per heavy atom.